The summed E-state index contributed by atoms with van der Waals surface area (Å²) in [6.45, 7) is 7.39. The Bertz CT molecular complexity index is 705. The maximum absolute atomic E-state index is 13.0. The summed E-state index contributed by atoms with van der Waals surface area (Å²) < 4.78 is 0. The van der Waals surface area contributed by atoms with E-state index in [1.54, 1.807) is 0 Å². The molecule has 5 aliphatic carbocycles. The molecule has 0 bridgehead atoms. The fourth-order valence-corrected chi connectivity index (χ4v) is 8.84. The van der Waals surface area contributed by atoms with E-state index < -0.39 is 0 Å². The minimum absolute atomic E-state index is 0.0158. The number of hydrogen-bond acceptors (Lipinski definition) is 2. The molecule has 0 radical (unpaired) electrons. The Morgan fingerprint density at radius 2 is 1.73 bits per heavy atom. The first kappa shape index (κ1) is 17.2. The fraction of sp³-hybridized carbons (Fsp3) is 0.833. The number of rotatable bonds is 0. The summed E-state index contributed by atoms with van der Waals surface area (Å²) >= 11 is 0. The molecule has 4 fully saturated rings. The molecule has 3 unspecified atom stereocenters. The van der Waals surface area contributed by atoms with E-state index in [4.69, 9.17) is 0 Å². The van der Waals surface area contributed by atoms with Crippen molar-refractivity contribution in [1.82, 2.24) is 0 Å². The summed E-state index contributed by atoms with van der Waals surface area (Å²) in [6.07, 6.45) is 12.9. The number of carbonyl (C=O) groups excluding carboxylic acids is 2. The first-order valence-corrected chi connectivity index (χ1v) is 11.1. The Hall–Kier alpha value is -0.920. The molecule has 0 N–H and O–H groups in total. The molecule has 2 nitrogen and oxygen atoms in total. The highest BCUT2D eigenvalue weighted by atomic mass is 16.1. The van der Waals surface area contributed by atoms with Crippen LogP contribution in [0, 0.1) is 39.9 Å². The average molecular weight is 355 g/mol. The van der Waals surface area contributed by atoms with E-state index in [0.29, 0.717) is 23.4 Å². The summed E-state index contributed by atoms with van der Waals surface area (Å²) in [5.74, 6) is 3.78. The quantitative estimate of drug-likeness (QED) is 0.575. The van der Waals surface area contributed by atoms with E-state index in [9.17, 15) is 9.59 Å². The van der Waals surface area contributed by atoms with Crippen LogP contribution in [-0.2, 0) is 9.59 Å². The van der Waals surface area contributed by atoms with Crippen molar-refractivity contribution in [3.63, 3.8) is 0 Å². The van der Waals surface area contributed by atoms with Gasteiger partial charge in [0.05, 0.1) is 0 Å². The number of fused-ring (bicyclic) bond motifs is 6. The van der Waals surface area contributed by atoms with Crippen molar-refractivity contribution in [1.29, 1.82) is 0 Å². The second kappa shape index (κ2) is 5.32. The van der Waals surface area contributed by atoms with Crippen LogP contribution in [0.15, 0.2) is 11.6 Å². The minimum atomic E-state index is 0.0158. The van der Waals surface area contributed by atoms with E-state index >= 15 is 0 Å². The van der Waals surface area contributed by atoms with Gasteiger partial charge in [0.25, 0.3) is 0 Å². The molecule has 2 heteroatoms. The van der Waals surface area contributed by atoms with Crippen molar-refractivity contribution in [2.45, 2.75) is 85.0 Å². The van der Waals surface area contributed by atoms with Gasteiger partial charge >= 0.3 is 0 Å². The smallest absolute Gasteiger partial charge is 0.155 e. The van der Waals surface area contributed by atoms with Gasteiger partial charge in [-0.15, -0.1) is 0 Å². The molecular weight excluding hydrogens is 320 g/mol. The van der Waals surface area contributed by atoms with Crippen LogP contribution in [0.4, 0.5) is 0 Å². The lowest BCUT2D eigenvalue weighted by atomic mass is 9.43. The van der Waals surface area contributed by atoms with E-state index in [1.807, 2.05) is 6.08 Å². The molecular formula is C24H34O2. The molecule has 0 aromatic heterocycles. The topological polar surface area (TPSA) is 34.1 Å². The first-order chi connectivity index (χ1) is 12.3. The van der Waals surface area contributed by atoms with Crippen LogP contribution in [0.3, 0.4) is 0 Å². The first-order valence-electron chi connectivity index (χ1n) is 11.1. The van der Waals surface area contributed by atoms with E-state index in [0.717, 1.165) is 56.8 Å². The van der Waals surface area contributed by atoms with Crippen LogP contribution in [-0.4, -0.2) is 11.6 Å². The molecule has 0 saturated heterocycles. The molecule has 0 aromatic rings. The Morgan fingerprint density at radius 3 is 2.46 bits per heavy atom. The zero-order chi connectivity index (χ0) is 18.3. The van der Waals surface area contributed by atoms with Gasteiger partial charge in [-0.3, -0.25) is 9.59 Å². The SMILES string of the molecule is C[C@@H]1CC2=CC(=O)CC[C@@]2(C)[C@H]2CC[C@]3(C)C(CCC34CCCC4=O)C12. The van der Waals surface area contributed by atoms with E-state index in [1.165, 1.54) is 24.8 Å². The molecule has 0 amide bonds. The molecule has 4 saturated carbocycles. The molecule has 26 heavy (non-hydrogen) atoms. The van der Waals surface area contributed by atoms with Gasteiger partial charge in [0.2, 0.25) is 0 Å². The summed E-state index contributed by atoms with van der Waals surface area (Å²) in [5, 5.41) is 0. The van der Waals surface area contributed by atoms with Gasteiger partial charge in [0.1, 0.15) is 5.78 Å². The van der Waals surface area contributed by atoms with Gasteiger partial charge in [0, 0.05) is 18.3 Å². The lowest BCUT2D eigenvalue weighted by Gasteiger charge is -2.61. The summed E-state index contributed by atoms with van der Waals surface area (Å²) in [6, 6.07) is 0. The standard InChI is InChI=1S/C24H34O2/c1-15-13-16-14-17(25)6-10-22(16,2)18-7-11-23(3)19(21(15)18)8-12-24(23)9-4-5-20(24)26/h14-15,18-19,21H,4-13H2,1-3H3/t15-,18+,19?,21?,22-,23-,24?/m1/s1. The van der Waals surface area contributed by atoms with Crippen molar-refractivity contribution in [3.8, 4) is 0 Å². The predicted molar refractivity (Wildman–Crippen MR) is 103 cm³/mol. The Kier molecular flexibility index (Phi) is 3.52. The maximum Gasteiger partial charge on any atom is 0.155 e. The summed E-state index contributed by atoms with van der Waals surface area (Å²) in [4.78, 5) is 25.0. The van der Waals surface area contributed by atoms with Crippen molar-refractivity contribution in [2.24, 2.45) is 39.9 Å². The lowest BCUT2D eigenvalue weighted by Crippen LogP contribution is -2.55. The zero-order valence-electron chi connectivity index (χ0n) is 16.8. The Labute approximate surface area is 158 Å². The maximum atomic E-state index is 13.0. The normalized spacial score (nSPS) is 53.3. The highest BCUT2D eigenvalue weighted by Crippen LogP contribution is 2.72. The number of hydrogen-bond donors (Lipinski definition) is 0. The van der Waals surface area contributed by atoms with E-state index in [-0.39, 0.29) is 16.2 Å². The third kappa shape index (κ3) is 1.89. The molecule has 0 aromatic carbocycles. The van der Waals surface area contributed by atoms with Crippen molar-refractivity contribution >= 4 is 11.6 Å². The summed E-state index contributed by atoms with van der Waals surface area (Å²) in [5.41, 5.74) is 1.94. The van der Waals surface area contributed by atoms with Crippen molar-refractivity contribution in [2.75, 3.05) is 0 Å². The molecule has 0 heterocycles. The van der Waals surface area contributed by atoms with Crippen LogP contribution in [0.25, 0.3) is 0 Å². The van der Waals surface area contributed by atoms with Crippen molar-refractivity contribution < 1.29 is 9.59 Å². The minimum Gasteiger partial charge on any atom is -0.299 e. The highest BCUT2D eigenvalue weighted by molar-refractivity contribution is 5.91. The monoisotopic (exact) mass is 354 g/mol. The summed E-state index contributed by atoms with van der Waals surface area (Å²) in [7, 11) is 0. The fourth-order valence-electron chi connectivity index (χ4n) is 8.84. The van der Waals surface area contributed by atoms with Gasteiger partial charge in [-0.1, -0.05) is 26.3 Å². The van der Waals surface area contributed by atoms with E-state index in [2.05, 4.69) is 20.8 Å². The zero-order valence-corrected chi connectivity index (χ0v) is 16.8. The molecule has 142 valence electrons. The average Bonchev–Trinajstić information content (AvgIpc) is 3.12. The van der Waals surface area contributed by atoms with Gasteiger partial charge in [0.15, 0.2) is 5.78 Å². The second-order valence-electron chi connectivity index (χ2n) is 10.9. The van der Waals surface area contributed by atoms with Gasteiger partial charge < -0.3 is 0 Å². The van der Waals surface area contributed by atoms with Gasteiger partial charge in [-0.05, 0) is 91.9 Å². The number of carbonyl (C=O) groups is 2. The Balaban J connectivity index is 1.55. The van der Waals surface area contributed by atoms with Crippen LogP contribution in [0.1, 0.15) is 85.0 Å². The number of allylic oxidation sites excluding steroid dienone is 1. The van der Waals surface area contributed by atoms with Crippen LogP contribution >= 0.6 is 0 Å². The van der Waals surface area contributed by atoms with Gasteiger partial charge in [-0.25, -0.2) is 0 Å². The number of ketones is 2. The highest BCUT2D eigenvalue weighted by Gasteiger charge is 2.67. The largest absolute Gasteiger partial charge is 0.299 e. The van der Waals surface area contributed by atoms with Crippen LogP contribution < -0.4 is 0 Å². The molecule has 1 spiro atoms. The second-order valence-corrected chi connectivity index (χ2v) is 10.9. The predicted octanol–water partition coefficient (Wildman–Crippen LogP) is 5.50. The molecule has 5 rings (SSSR count). The Morgan fingerprint density at radius 1 is 0.962 bits per heavy atom. The van der Waals surface area contributed by atoms with Crippen LogP contribution in [0.5, 0.6) is 0 Å². The third-order valence-electron chi connectivity index (χ3n) is 10.2. The molecule has 7 atom stereocenters. The van der Waals surface area contributed by atoms with Crippen molar-refractivity contribution in [3.05, 3.63) is 11.6 Å². The lowest BCUT2D eigenvalue weighted by molar-refractivity contribution is -0.141. The number of Topliss-reactive ketones (excluding diaryl/α,β-unsaturated/α-hetero) is 1. The van der Waals surface area contributed by atoms with Crippen LogP contribution in [0.2, 0.25) is 0 Å². The molecule has 0 aliphatic heterocycles. The third-order valence-corrected chi connectivity index (χ3v) is 10.2. The molecule has 5 aliphatic rings. The van der Waals surface area contributed by atoms with Gasteiger partial charge in [-0.2, -0.15) is 0 Å².